The van der Waals surface area contributed by atoms with Crippen LogP contribution in [-0.2, 0) is 4.74 Å². The molecule has 1 aromatic heterocycles. The number of nitrogens with zero attached hydrogens (tertiary/aromatic N) is 2. The number of ether oxygens (including phenoxy) is 1. The van der Waals surface area contributed by atoms with Crippen molar-refractivity contribution in [3.63, 3.8) is 0 Å². The van der Waals surface area contributed by atoms with Crippen LogP contribution < -0.4 is 10.6 Å². The number of hydrogen-bond donors (Lipinski definition) is 2. The van der Waals surface area contributed by atoms with Gasteiger partial charge in [-0.15, -0.1) is 0 Å². The number of aryl methyl sites for hydroxylation is 1. The zero-order valence-corrected chi connectivity index (χ0v) is 19.1. The smallest absolute Gasteiger partial charge is 0.196 e. The lowest BCUT2D eigenvalue weighted by molar-refractivity contribution is 0.0398. The first-order chi connectivity index (χ1) is 16.7. The number of fused-ring (bicyclic) bond motifs is 2. The quantitative estimate of drug-likeness (QED) is 0.380. The summed E-state index contributed by atoms with van der Waals surface area (Å²) in [5.74, 6) is 0.621. The van der Waals surface area contributed by atoms with Crippen LogP contribution in [0.3, 0.4) is 0 Å². The van der Waals surface area contributed by atoms with Gasteiger partial charge in [0.05, 0.1) is 35.5 Å². The van der Waals surface area contributed by atoms with Gasteiger partial charge in [-0.05, 0) is 30.7 Å². The second-order valence-corrected chi connectivity index (χ2v) is 8.83. The van der Waals surface area contributed by atoms with Crippen LogP contribution in [0.2, 0.25) is 0 Å². The molecule has 0 amide bonds. The molecule has 0 bridgehead atoms. The molecule has 1 aliphatic heterocycles. The summed E-state index contributed by atoms with van der Waals surface area (Å²) in [4.78, 5) is 16.0. The molecule has 1 aliphatic carbocycles. The van der Waals surface area contributed by atoms with Crippen molar-refractivity contribution in [2.24, 2.45) is 0 Å². The fourth-order valence-electron chi connectivity index (χ4n) is 4.84. The van der Waals surface area contributed by atoms with Gasteiger partial charge in [0.15, 0.2) is 11.5 Å². The van der Waals surface area contributed by atoms with Gasteiger partial charge in [0.1, 0.15) is 5.52 Å². The summed E-state index contributed by atoms with van der Waals surface area (Å²) in [6.45, 7) is 7.14. The Morgan fingerprint density at radius 3 is 2.65 bits per heavy atom. The van der Waals surface area contributed by atoms with Gasteiger partial charge in [0.2, 0.25) is 0 Å². The van der Waals surface area contributed by atoms with Crippen LogP contribution in [0.4, 0.5) is 17.1 Å². The van der Waals surface area contributed by atoms with E-state index in [2.05, 4.69) is 39.7 Å². The molecule has 1 saturated heterocycles. The zero-order valence-electron chi connectivity index (χ0n) is 19.1. The topological polar surface area (TPSA) is 79.6 Å². The summed E-state index contributed by atoms with van der Waals surface area (Å²) in [6, 6.07) is 17.7. The highest BCUT2D eigenvalue weighted by Crippen LogP contribution is 2.45. The zero-order chi connectivity index (χ0) is 23.1. The Kier molecular flexibility index (Phi) is 5.28. The number of carbonyl (C=O) groups is 1. The van der Waals surface area contributed by atoms with E-state index in [-0.39, 0.29) is 5.78 Å². The van der Waals surface area contributed by atoms with Crippen molar-refractivity contribution < 1.29 is 14.1 Å². The summed E-state index contributed by atoms with van der Waals surface area (Å²) in [7, 11) is 0. The monoisotopic (exact) mass is 454 g/mol. The minimum Gasteiger partial charge on any atom is -0.382 e. The van der Waals surface area contributed by atoms with Crippen molar-refractivity contribution in [3.05, 3.63) is 71.3 Å². The number of rotatable bonds is 6. The number of hydrogen-bond acceptors (Lipinski definition) is 7. The van der Waals surface area contributed by atoms with Crippen LogP contribution in [0, 0.1) is 6.92 Å². The Hall–Kier alpha value is -3.68. The van der Waals surface area contributed by atoms with Crippen LogP contribution >= 0.6 is 0 Å². The van der Waals surface area contributed by atoms with Gasteiger partial charge < -0.3 is 19.9 Å². The second-order valence-electron chi connectivity index (χ2n) is 8.83. The fraction of sp³-hybridized carbons (Fsp3) is 0.259. The van der Waals surface area contributed by atoms with E-state index in [1.54, 1.807) is 0 Å². The van der Waals surface area contributed by atoms with Crippen molar-refractivity contribution >= 4 is 33.7 Å². The standard InChI is InChI=1S/C27H26N4O3/c1-17-5-4-6-18(15-17)29-21-16-22(28-9-10-31-11-13-33-14-12-31)25-24-23(21)26(32)19-7-2-3-8-20(19)27(24)34-30-25/h2-8,15-16,28-29H,9-14H2,1H3. The van der Waals surface area contributed by atoms with Crippen molar-refractivity contribution in [2.75, 3.05) is 50.0 Å². The van der Waals surface area contributed by atoms with E-state index in [4.69, 9.17) is 9.26 Å². The van der Waals surface area contributed by atoms with Gasteiger partial charge in [-0.1, -0.05) is 41.6 Å². The molecule has 34 heavy (non-hydrogen) atoms. The first kappa shape index (κ1) is 20.9. The predicted molar refractivity (Wildman–Crippen MR) is 133 cm³/mol. The number of nitrogens with one attached hydrogen (secondary N) is 2. The maximum absolute atomic E-state index is 13.7. The largest absolute Gasteiger partial charge is 0.382 e. The summed E-state index contributed by atoms with van der Waals surface area (Å²) in [5, 5.41) is 12.2. The van der Waals surface area contributed by atoms with Crippen molar-refractivity contribution in [1.29, 1.82) is 0 Å². The van der Waals surface area contributed by atoms with Crippen LogP contribution in [0.25, 0.3) is 22.2 Å². The number of anilines is 3. The molecule has 0 saturated carbocycles. The SMILES string of the molecule is Cc1cccc(Nc2cc(NCCN3CCOCC3)c3noc4c3c2C(=O)c2ccccc2-4)c1. The Labute approximate surface area is 197 Å². The average molecular weight is 455 g/mol. The molecule has 0 spiro atoms. The molecule has 0 unspecified atom stereocenters. The molecule has 7 nitrogen and oxygen atoms in total. The third-order valence-corrected chi connectivity index (χ3v) is 6.54. The first-order valence-electron chi connectivity index (χ1n) is 11.7. The van der Waals surface area contributed by atoms with Crippen LogP contribution in [-0.4, -0.2) is 55.2 Å². The third-order valence-electron chi connectivity index (χ3n) is 6.54. The molecule has 172 valence electrons. The summed E-state index contributed by atoms with van der Waals surface area (Å²) >= 11 is 0. The number of ketones is 1. The van der Waals surface area contributed by atoms with Crippen LogP contribution in [0.15, 0.2) is 59.1 Å². The van der Waals surface area contributed by atoms with E-state index in [1.165, 1.54) is 0 Å². The summed E-state index contributed by atoms with van der Waals surface area (Å²) < 4.78 is 11.3. The normalized spacial score (nSPS) is 15.4. The predicted octanol–water partition coefficient (Wildman–Crippen LogP) is 4.84. The van der Waals surface area contributed by atoms with Crippen molar-refractivity contribution in [1.82, 2.24) is 10.1 Å². The van der Waals surface area contributed by atoms with Gasteiger partial charge in [0.25, 0.3) is 0 Å². The maximum Gasteiger partial charge on any atom is 0.196 e. The van der Waals surface area contributed by atoms with Crippen LogP contribution in [0.1, 0.15) is 21.5 Å². The molecule has 2 heterocycles. The van der Waals surface area contributed by atoms with E-state index < -0.39 is 0 Å². The maximum atomic E-state index is 13.7. The molecule has 2 N–H and O–H groups in total. The number of carbonyl (C=O) groups excluding carboxylic acids is 1. The average Bonchev–Trinajstić information content (AvgIpc) is 3.30. The van der Waals surface area contributed by atoms with Gasteiger partial charge in [-0.2, -0.15) is 0 Å². The lowest BCUT2D eigenvalue weighted by Crippen LogP contribution is -2.39. The molecule has 1 fully saturated rings. The molecule has 2 aliphatic rings. The summed E-state index contributed by atoms with van der Waals surface area (Å²) in [5.41, 5.74) is 6.38. The highest BCUT2D eigenvalue weighted by atomic mass is 16.5. The van der Waals surface area contributed by atoms with Gasteiger partial charge in [0, 0.05) is 43.0 Å². The molecule has 4 aromatic rings. The summed E-state index contributed by atoms with van der Waals surface area (Å²) in [6.07, 6.45) is 0. The molecular formula is C27H26N4O3. The Balaban J connectivity index is 1.43. The van der Waals surface area contributed by atoms with E-state index in [0.717, 1.165) is 73.0 Å². The van der Waals surface area contributed by atoms with E-state index in [1.807, 2.05) is 42.5 Å². The Morgan fingerprint density at radius 1 is 1.00 bits per heavy atom. The van der Waals surface area contributed by atoms with Crippen molar-refractivity contribution in [2.45, 2.75) is 6.92 Å². The lowest BCUT2D eigenvalue weighted by Gasteiger charge is -2.26. The highest BCUT2D eigenvalue weighted by molar-refractivity contribution is 6.28. The molecule has 0 atom stereocenters. The molecule has 0 radical (unpaired) electrons. The number of morpholine rings is 1. The fourth-order valence-corrected chi connectivity index (χ4v) is 4.84. The number of aromatic nitrogens is 1. The molecular weight excluding hydrogens is 428 g/mol. The minimum atomic E-state index is -0.0219. The highest BCUT2D eigenvalue weighted by Gasteiger charge is 2.32. The number of benzene rings is 3. The Bertz CT molecular complexity index is 1390. The third kappa shape index (κ3) is 3.63. The molecule has 6 rings (SSSR count). The van der Waals surface area contributed by atoms with Gasteiger partial charge in [-0.3, -0.25) is 9.69 Å². The first-order valence-corrected chi connectivity index (χ1v) is 11.7. The van der Waals surface area contributed by atoms with E-state index in [0.29, 0.717) is 22.4 Å². The van der Waals surface area contributed by atoms with Gasteiger partial charge >= 0.3 is 0 Å². The second kappa shape index (κ2) is 8.59. The van der Waals surface area contributed by atoms with Gasteiger partial charge in [-0.25, -0.2) is 0 Å². The van der Waals surface area contributed by atoms with Crippen LogP contribution in [0.5, 0.6) is 0 Å². The van der Waals surface area contributed by atoms with E-state index in [9.17, 15) is 4.79 Å². The molecule has 7 heteroatoms. The van der Waals surface area contributed by atoms with E-state index >= 15 is 0 Å². The lowest BCUT2D eigenvalue weighted by atomic mass is 9.86. The minimum absolute atomic E-state index is 0.0219. The Morgan fingerprint density at radius 2 is 1.82 bits per heavy atom. The molecule has 3 aromatic carbocycles. The van der Waals surface area contributed by atoms with Crippen molar-refractivity contribution in [3.8, 4) is 11.3 Å².